The Balaban J connectivity index is 2.01. The second-order valence-electron chi connectivity index (χ2n) is 4.10. The Hall–Kier alpha value is -1.04. The summed E-state index contributed by atoms with van der Waals surface area (Å²) >= 11 is 3.38. The van der Waals surface area contributed by atoms with Gasteiger partial charge in [-0.2, -0.15) is 0 Å². The molecule has 3 nitrogen and oxygen atoms in total. The summed E-state index contributed by atoms with van der Waals surface area (Å²) < 4.78 is 5.88. The highest BCUT2D eigenvalue weighted by molar-refractivity contribution is 7.98. The highest BCUT2D eigenvalue weighted by atomic mass is 32.2. The van der Waals surface area contributed by atoms with Gasteiger partial charge in [-0.3, -0.25) is 0 Å². The molecule has 0 bridgehead atoms. The van der Waals surface area contributed by atoms with Crippen molar-refractivity contribution in [1.82, 2.24) is 4.98 Å². The van der Waals surface area contributed by atoms with Gasteiger partial charge in [-0.05, 0) is 25.3 Å². The second-order valence-corrected chi connectivity index (χ2v) is 5.89. The maximum absolute atomic E-state index is 5.88. The van der Waals surface area contributed by atoms with Crippen LogP contribution in [0, 0.1) is 6.92 Å². The van der Waals surface area contributed by atoms with E-state index in [1.54, 1.807) is 23.1 Å². The minimum Gasteiger partial charge on any atom is -0.493 e. The Morgan fingerprint density at radius 1 is 1.42 bits per heavy atom. The molecule has 19 heavy (non-hydrogen) atoms. The predicted molar refractivity (Wildman–Crippen MR) is 82.2 cm³/mol. The molecule has 0 unspecified atom stereocenters. The van der Waals surface area contributed by atoms with Crippen LogP contribution in [0.5, 0.6) is 5.75 Å². The first kappa shape index (κ1) is 14.4. The molecule has 0 aliphatic carbocycles. The van der Waals surface area contributed by atoms with E-state index in [4.69, 9.17) is 10.5 Å². The maximum Gasteiger partial charge on any atom is 0.124 e. The first-order valence-corrected chi connectivity index (χ1v) is 8.24. The molecule has 0 amide bonds. The lowest BCUT2D eigenvalue weighted by atomic mass is 10.2. The van der Waals surface area contributed by atoms with Gasteiger partial charge in [0.15, 0.2) is 0 Å². The fourth-order valence-electron chi connectivity index (χ4n) is 1.89. The van der Waals surface area contributed by atoms with Crippen molar-refractivity contribution >= 4 is 23.1 Å². The van der Waals surface area contributed by atoms with E-state index in [0.717, 1.165) is 23.4 Å². The van der Waals surface area contributed by atoms with Crippen molar-refractivity contribution in [1.29, 1.82) is 0 Å². The van der Waals surface area contributed by atoms with E-state index >= 15 is 0 Å². The first-order chi connectivity index (χ1) is 9.26. The Bertz CT molecular complexity index is 540. The topological polar surface area (TPSA) is 48.1 Å². The van der Waals surface area contributed by atoms with Crippen molar-refractivity contribution in [2.45, 2.75) is 24.8 Å². The summed E-state index contributed by atoms with van der Waals surface area (Å²) in [5.74, 6) is 0.900. The van der Waals surface area contributed by atoms with E-state index < -0.39 is 0 Å². The summed E-state index contributed by atoms with van der Waals surface area (Å²) in [4.78, 5) is 6.72. The molecule has 5 heteroatoms. The average molecular weight is 294 g/mol. The van der Waals surface area contributed by atoms with Crippen LogP contribution in [0.3, 0.4) is 0 Å². The van der Waals surface area contributed by atoms with Gasteiger partial charge in [-0.25, -0.2) is 4.98 Å². The zero-order valence-electron chi connectivity index (χ0n) is 11.2. The van der Waals surface area contributed by atoms with E-state index in [-0.39, 0.29) is 0 Å². The summed E-state index contributed by atoms with van der Waals surface area (Å²) in [6.07, 6.45) is 2.95. The standard InChI is InChI=1S/C14H18N2OS2/c1-10-13(19-9-16-10)6-7-17-12-4-3-5-14(18-2)11(12)8-15/h3-5,9H,6-8,15H2,1-2H3. The van der Waals surface area contributed by atoms with Crippen LogP contribution in [0.25, 0.3) is 0 Å². The summed E-state index contributed by atoms with van der Waals surface area (Å²) in [5.41, 5.74) is 9.89. The lowest BCUT2D eigenvalue weighted by molar-refractivity contribution is 0.318. The molecule has 0 radical (unpaired) electrons. The number of aromatic nitrogens is 1. The fourth-order valence-corrected chi connectivity index (χ4v) is 3.30. The van der Waals surface area contributed by atoms with Crippen molar-refractivity contribution in [3.63, 3.8) is 0 Å². The van der Waals surface area contributed by atoms with Crippen molar-refractivity contribution < 1.29 is 4.74 Å². The molecule has 0 atom stereocenters. The third-order valence-corrected chi connectivity index (χ3v) is 4.76. The Kier molecular flexibility index (Phi) is 5.24. The lowest BCUT2D eigenvalue weighted by Gasteiger charge is -2.13. The SMILES string of the molecule is CSc1cccc(OCCc2scnc2C)c1CN. The molecule has 1 heterocycles. The molecular weight excluding hydrogens is 276 g/mol. The number of ether oxygens (including phenoxy) is 1. The first-order valence-electron chi connectivity index (χ1n) is 6.14. The van der Waals surface area contributed by atoms with Crippen LogP contribution in [-0.2, 0) is 13.0 Å². The van der Waals surface area contributed by atoms with Gasteiger partial charge in [-0.15, -0.1) is 23.1 Å². The Morgan fingerprint density at radius 2 is 2.26 bits per heavy atom. The van der Waals surface area contributed by atoms with Crippen LogP contribution in [0.15, 0.2) is 28.6 Å². The monoisotopic (exact) mass is 294 g/mol. The molecule has 2 rings (SSSR count). The van der Waals surface area contributed by atoms with Gasteiger partial charge >= 0.3 is 0 Å². The molecular formula is C14H18N2OS2. The lowest BCUT2D eigenvalue weighted by Crippen LogP contribution is -2.06. The summed E-state index contributed by atoms with van der Waals surface area (Å²) in [6, 6.07) is 6.08. The van der Waals surface area contributed by atoms with Crippen LogP contribution in [0.2, 0.25) is 0 Å². The van der Waals surface area contributed by atoms with Crippen LogP contribution in [0.1, 0.15) is 16.1 Å². The number of nitrogens with zero attached hydrogens (tertiary/aromatic N) is 1. The van der Waals surface area contributed by atoms with Crippen LogP contribution >= 0.6 is 23.1 Å². The normalized spacial score (nSPS) is 10.7. The van der Waals surface area contributed by atoms with E-state index in [1.807, 2.05) is 24.6 Å². The molecule has 0 saturated carbocycles. The molecule has 102 valence electrons. The van der Waals surface area contributed by atoms with Crippen molar-refractivity contribution in [3.05, 3.63) is 39.8 Å². The van der Waals surface area contributed by atoms with Gasteiger partial charge in [0.05, 0.1) is 17.8 Å². The molecule has 1 aromatic heterocycles. The average Bonchev–Trinajstić information content (AvgIpc) is 2.84. The number of rotatable bonds is 6. The minimum atomic E-state index is 0.506. The number of aryl methyl sites for hydroxylation is 1. The Labute approximate surface area is 122 Å². The van der Waals surface area contributed by atoms with Gasteiger partial charge in [0.1, 0.15) is 5.75 Å². The van der Waals surface area contributed by atoms with Crippen LogP contribution < -0.4 is 10.5 Å². The predicted octanol–water partition coefficient (Wildman–Crippen LogP) is 3.25. The summed E-state index contributed by atoms with van der Waals surface area (Å²) in [7, 11) is 0. The molecule has 1 aromatic carbocycles. The number of hydrogen-bond acceptors (Lipinski definition) is 5. The fraction of sp³-hybridized carbons (Fsp3) is 0.357. The van der Waals surface area contributed by atoms with Gasteiger partial charge in [0.25, 0.3) is 0 Å². The number of nitrogens with two attached hydrogens (primary N) is 1. The zero-order chi connectivity index (χ0) is 13.7. The van der Waals surface area contributed by atoms with Crippen molar-refractivity contribution in [3.8, 4) is 5.75 Å². The van der Waals surface area contributed by atoms with E-state index in [1.165, 1.54) is 9.77 Å². The van der Waals surface area contributed by atoms with Crippen molar-refractivity contribution in [2.24, 2.45) is 5.73 Å². The van der Waals surface area contributed by atoms with E-state index in [0.29, 0.717) is 13.2 Å². The minimum absolute atomic E-state index is 0.506. The van der Waals surface area contributed by atoms with E-state index in [2.05, 4.69) is 17.3 Å². The molecule has 2 aromatic rings. The van der Waals surface area contributed by atoms with E-state index in [9.17, 15) is 0 Å². The van der Waals surface area contributed by atoms with Crippen LogP contribution in [0.4, 0.5) is 0 Å². The quantitative estimate of drug-likeness (QED) is 0.831. The van der Waals surface area contributed by atoms with Crippen molar-refractivity contribution in [2.75, 3.05) is 12.9 Å². The molecule has 0 spiro atoms. The Morgan fingerprint density at radius 3 is 2.89 bits per heavy atom. The van der Waals surface area contributed by atoms with Gasteiger partial charge in [0, 0.05) is 28.3 Å². The number of thioether (sulfide) groups is 1. The summed E-state index contributed by atoms with van der Waals surface area (Å²) in [5, 5.41) is 0. The van der Waals surface area contributed by atoms with Gasteiger partial charge in [0.2, 0.25) is 0 Å². The summed E-state index contributed by atoms with van der Waals surface area (Å²) in [6.45, 7) is 3.20. The zero-order valence-corrected chi connectivity index (χ0v) is 12.8. The number of benzene rings is 1. The number of thiazole rings is 1. The third kappa shape index (κ3) is 3.49. The van der Waals surface area contributed by atoms with Gasteiger partial charge < -0.3 is 10.5 Å². The smallest absolute Gasteiger partial charge is 0.124 e. The second kappa shape index (κ2) is 6.93. The van der Waals surface area contributed by atoms with Gasteiger partial charge in [-0.1, -0.05) is 6.07 Å². The maximum atomic E-state index is 5.88. The molecule has 0 aliphatic rings. The highest BCUT2D eigenvalue weighted by Crippen LogP contribution is 2.28. The molecule has 2 N–H and O–H groups in total. The largest absolute Gasteiger partial charge is 0.493 e. The molecule has 0 aliphatic heterocycles. The molecule has 0 saturated heterocycles. The van der Waals surface area contributed by atoms with Crippen LogP contribution in [-0.4, -0.2) is 17.8 Å². The highest BCUT2D eigenvalue weighted by Gasteiger charge is 2.08. The number of hydrogen-bond donors (Lipinski definition) is 1. The molecule has 0 fully saturated rings. The third-order valence-electron chi connectivity index (χ3n) is 2.95.